The molecule has 0 unspecified atom stereocenters. The summed E-state index contributed by atoms with van der Waals surface area (Å²) in [5, 5.41) is 3.49. The minimum atomic E-state index is 0.726. The Bertz CT molecular complexity index is 320. The van der Waals surface area contributed by atoms with Crippen LogP contribution >= 0.6 is 0 Å². The van der Waals surface area contributed by atoms with E-state index >= 15 is 0 Å². The first kappa shape index (κ1) is 14.0. The van der Waals surface area contributed by atoms with E-state index in [1.165, 1.54) is 11.3 Å². The Morgan fingerprint density at radius 2 is 2.06 bits per heavy atom. The van der Waals surface area contributed by atoms with Gasteiger partial charge in [-0.3, -0.25) is 0 Å². The maximum Gasteiger partial charge on any atom is 0.0369 e. The number of rotatable bonds is 7. The molecule has 0 heterocycles. The molecule has 0 saturated carbocycles. The van der Waals surface area contributed by atoms with Crippen molar-refractivity contribution < 1.29 is 0 Å². The van der Waals surface area contributed by atoms with Crippen molar-refractivity contribution in [3.8, 4) is 0 Å². The fourth-order valence-electron chi connectivity index (χ4n) is 1.90. The number of hydrogen-bond donors (Lipinski definition) is 1. The van der Waals surface area contributed by atoms with E-state index in [0.717, 1.165) is 32.1 Å². The number of likely N-dealkylation sites (N-methyl/N-ethyl adjacent to an activating group) is 1. The maximum atomic E-state index is 3.49. The molecule has 1 aromatic rings. The Labute approximate surface area is 106 Å². The number of nitrogens with zero attached hydrogens (tertiary/aromatic N) is 1. The van der Waals surface area contributed by atoms with Crippen LogP contribution in [0.1, 0.15) is 26.3 Å². The van der Waals surface area contributed by atoms with Crippen LogP contribution in [0.25, 0.3) is 0 Å². The van der Waals surface area contributed by atoms with Crippen molar-refractivity contribution in [1.29, 1.82) is 0 Å². The van der Waals surface area contributed by atoms with E-state index in [1.54, 1.807) is 0 Å². The molecule has 0 aliphatic heterocycles. The molecule has 2 nitrogen and oxygen atoms in total. The summed E-state index contributed by atoms with van der Waals surface area (Å²) in [7, 11) is 0. The molecule has 0 saturated heterocycles. The number of aryl methyl sites for hydroxylation is 1. The molecule has 17 heavy (non-hydrogen) atoms. The first-order valence-corrected chi connectivity index (χ1v) is 6.65. The molecule has 0 bridgehead atoms. The normalized spacial score (nSPS) is 10.9. The highest BCUT2D eigenvalue weighted by molar-refractivity contribution is 5.48. The molecule has 2 heteroatoms. The third kappa shape index (κ3) is 5.22. The van der Waals surface area contributed by atoms with Crippen LogP contribution in [0.2, 0.25) is 0 Å². The van der Waals surface area contributed by atoms with Gasteiger partial charge in [0, 0.05) is 25.3 Å². The lowest BCUT2D eigenvalue weighted by Crippen LogP contribution is -2.33. The van der Waals surface area contributed by atoms with Gasteiger partial charge in [0.1, 0.15) is 0 Å². The van der Waals surface area contributed by atoms with Crippen LogP contribution in [0.15, 0.2) is 24.3 Å². The van der Waals surface area contributed by atoms with Gasteiger partial charge in [-0.05, 0) is 44.0 Å². The highest BCUT2D eigenvalue weighted by Gasteiger charge is 2.03. The molecule has 0 fully saturated rings. The zero-order valence-electron chi connectivity index (χ0n) is 11.7. The van der Waals surface area contributed by atoms with Crippen molar-refractivity contribution in [2.24, 2.45) is 5.92 Å². The lowest BCUT2D eigenvalue weighted by atomic mass is 10.2. The smallest absolute Gasteiger partial charge is 0.0369 e. The largest absolute Gasteiger partial charge is 0.371 e. The molecule has 0 amide bonds. The van der Waals surface area contributed by atoms with E-state index in [1.807, 2.05) is 0 Å². The molecule has 0 atom stereocenters. The number of benzene rings is 1. The predicted octanol–water partition coefficient (Wildman–Crippen LogP) is 3.07. The third-order valence-corrected chi connectivity index (χ3v) is 2.86. The summed E-state index contributed by atoms with van der Waals surface area (Å²) >= 11 is 0. The van der Waals surface area contributed by atoms with Crippen molar-refractivity contribution in [3.05, 3.63) is 29.8 Å². The van der Waals surface area contributed by atoms with E-state index in [-0.39, 0.29) is 0 Å². The monoisotopic (exact) mass is 234 g/mol. The van der Waals surface area contributed by atoms with Crippen molar-refractivity contribution in [3.63, 3.8) is 0 Å². The summed E-state index contributed by atoms with van der Waals surface area (Å²) in [5.41, 5.74) is 2.66. The van der Waals surface area contributed by atoms with Crippen molar-refractivity contribution in [2.45, 2.75) is 27.7 Å². The molecule has 0 radical (unpaired) electrons. The average Bonchev–Trinajstić information content (AvgIpc) is 2.29. The fraction of sp³-hybridized carbons (Fsp3) is 0.600. The molecule has 0 aliphatic carbocycles. The predicted molar refractivity (Wildman–Crippen MR) is 76.8 cm³/mol. The summed E-state index contributed by atoms with van der Waals surface area (Å²) in [4.78, 5) is 2.42. The van der Waals surface area contributed by atoms with Gasteiger partial charge in [0.15, 0.2) is 0 Å². The summed E-state index contributed by atoms with van der Waals surface area (Å²) in [6, 6.07) is 8.73. The number of hydrogen-bond acceptors (Lipinski definition) is 2. The molecular formula is C15H26N2. The molecule has 1 N–H and O–H groups in total. The van der Waals surface area contributed by atoms with Crippen LogP contribution < -0.4 is 10.2 Å². The summed E-state index contributed by atoms with van der Waals surface area (Å²) in [6.07, 6.45) is 0. The first-order chi connectivity index (χ1) is 8.13. The lowest BCUT2D eigenvalue weighted by Gasteiger charge is -2.24. The van der Waals surface area contributed by atoms with Gasteiger partial charge in [-0.15, -0.1) is 0 Å². The lowest BCUT2D eigenvalue weighted by molar-refractivity contribution is 0.551. The first-order valence-electron chi connectivity index (χ1n) is 6.65. The van der Waals surface area contributed by atoms with E-state index in [2.05, 4.69) is 62.2 Å². The van der Waals surface area contributed by atoms with Crippen LogP contribution in [-0.2, 0) is 0 Å². The average molecular weight is 234 g/mol. The SMILES string of the molecule is CCN(CCNCC(C)C)c1cccc(C)c1. The van der Waals surface area contributed by atoms with Gasteiger partial charge >= 0.3 is 0 Å². The van der Waals surface area contributed by atoms with E-state index in [4.69, 9.17) is 0 Å². The zero-order chi connectivity index (χ0) is 12.7. The molecule has 1 rings (SSSR count). The highest BCUT2D eigenvalue weighted by Crippen LogP contribution is 2.14. The number of nitrogens with one attached hydrogen (secondary N) is 1. The van der Waals surface area contributed by atoms with Gasteiger partial charge in [0.25, 0.3) is 0 Å². The van der Waals surface area contributed by atoms with Crippen molar-refractivity contribution in [2.75, 3.05) is 31.1 Å². The van der Waals surface area contributed by atoms with Gasteiger partial charge in [0.2, 0.25) is 0 Å². The second-order valence-electron chi connectivity index (χ2n) is 5.02. The van der Waals surface area contributed by atoms with E-state index in [0.29, 0.717) is 0 Å². The standard InChI is InChI=1S/C15H26N2/c1-5-17(10-9-16-12-13(2)3)15-8-6-7-14(4)11-15/h6-8,11,13,16H,5,9-10,12H2,1-4H3. The highest BCUT2D eigenvalue weighted by atomic mass is 15.1. The van der Waals surface area contributed by atoms with Crippen LogP contribution in [0.3, 0.4) is 0 Å². The quantitative estimate of drug-likeness (QED) is 0.729. The molecule has 0 spiro atoms. The van der Waals surface area contributed by atoms with Gasteiger partial charge in [-0.2, -0.15) is 0 Å². The Kier molecular flexibility index (Phi) is 6.06. The fourth-order valence-corrected chi connectivity index (χ4v) is 1.90. The van der Waals surface area contributed by atoms with Gasteiger partial charge in [-0.25, -0.2) is 0 Å². The minimum Gasteiger partial charge on any atom is -0.371 e. The Balaban J connectivity index is 2.43. The van der Waals surface area contributed by atoms with Gasteiger partial charge < -0.3 is 10.2 Å². The number of anilines is 1. The summed E-state index contributed by atoms with van der Waals surface area (Å²) in [5.74, 6) is 0.726. The Morgan fingerprint density at radius 1 is 1.29 bits per heavy atom. The van der Waals surface area contributed by atoms with Crippen molar-refractivity contribution in [1.82, 2.24) is 5.32 Å². The summed E-state index contributed by atoms with van der Waals surface area (Å²) in [6.45, 7) is 13.1. The van der Waals surface area contributed by atoms with Crippen LogP contribution in [0, 0.1) is 12.8 Å². The molecule has 1 aromatic carbocycles. The van der Waals surface area contributed by atoms with Crippen LogP contribution in [0.4, 0.5) is 5.69 Å². The molecule has 0 aromatic heterocycles. The minimum absolute atomic E-state index is 0.726. The second-order valence-corrected chi connectivity index (χ2v) is 5.02. The van der Waals surface area contributed by atoms with E-state index in [9.17, 15) is 0 Å². The molecule has 0 aliphatic rings. The topological polar surface area (TPSA) is 15.3 Å². The summed E-state index contributed by atoms with van der Waals surface area (Å²) < 4.78 is 0. The maximum absolute atomic E-state index is 3.49. The van der Waals surface area contributed by atoms with Crippen molar-refractivity contribution >= 4 is 5.69 Å². The van der Waals surface area contributed by atoms with Gasteiger partial charge in [-0.1, -0.05) is 26.0 Å². The molecular weight excluding hydrogens is 208 g/mol. The third-order valence-electron chi connectivity index (χ3n) is 2.86. The Hall–Kier alpha value is -1.02. The van der Waals surface area contributed by atoms with Gasteiger partial charge in [0.05, 0.1) is 0 Å². The van der Waals surface area contributed by atoms with E-state index < -0.39 is 0 Å². The van der Waals surface area contributed by atoms with Crippen LogP contribution in [-0.4, -0.2) is 26.2 Å². The van der Waals surface area contributed by atoms with Crippen LogP contribution in [0.5, 0.6) is 0 Å². The Morgan fingerprint density at radius 3 is 2.65 bits per heavy atom. The zero-order valence-corrected chi connectivity index (χ0v) is 11.7. The molecule has 96 valence electrons. The second kappa shape index (κ2) is 7.33.